The number of allylic oxidation sites excluding steroid dienone is 19. The van der Waals surface area contributed by atoms with Crippen LogP contribution in [0.3, 0.4) is 0 Å². The lowest BCUT2D eigenvalue weighted by Gasteiger charge is -2.41. The summed E-state index contributed by atoms with van der Waals surface area (Å²) >= 11 is 0. The van der Waals surface area contributed by atoms with Crippen molar-refractivity contribution < 1.29 is 68.2 Å². The summed E-state index contributed by atoms with van der Waals surface area (Å²) in [5.41, 5.74) is 0. The molecule has 66 heavy (non-hydrogen) atoms. The first-order valence-electron chi connectivity index (χ1n) is 23.4. The van der Waals surface area contributed by atoms with Gasteiger partial charge in [0.2, 0.25) is 0 Å². The minimum Gasteiger partial charge on any atom is -0.462 e. The van der Waals surface area contributed by atoms with Gasteiger partial charge in [-0.25, -0.2) is 4.57 Å². The summed E-state index contributed by atoms with van der Waals surface area (Å²) in [7, 11) is -5.17. The van der Waals surface area contributed by atoms with E-state index in [1.54, 1.807) is 6.08 Å². The molecule has 0 spiro atoms. The van der Waals surface area contributed by atoms with Crippen LogP contribution in [0.25, 0.3) is 0 Å². The molecule has 1 rings (SSSR count). The first kappa shape index (κ1) is 60.2. The van der Waals surface area contributed by atoms with Crippen molar-refractivity contribution in [3.05, 3.63) is 122 Å². The van der Waals surface area contributed by atoms with Crippen molar-refractivity contribution >= 4 is 19.8 Å². The second kappa shape index (κ2) is 39.2. The number of phosphoric acid groups is 1. The smallest absolute Gasteiger partial charge is 0.462 e. The Morgan fingerprint density at radius 1 is 0.561 bits per heavy atom. The molecule has 0 radical (unpaired) electrons. The lowest BCUT2D eigenvalue weighted by Crippen LogP contribution is -2.64. The number of rotatable bonds is 36. The van der Waals surface area contributed by atoms with Crippen LogP contribution in [-0.2, 0) is 32.7 Å². The lowest BCUT2D eigenvalue weighted by atomic mass is 9.85. The monoisotopic (exact) mass is 947 g/mol. The molecule has 0 heterocycles. The topological polar surface area (TPSA) is 230 Å². The summed E-state index contributed by atoms with van der Waals surface area (Å²) in [6.07, 6.45) is 38.7. The average Bonchev–Trinajstić information content (AvgIpc) is 3.29. The highest BCUT2D eigenvalue weighted by Gasteiger charge is 2.51. The van der Waals surface area contributed by atoms with Gasteiger partial charge >= 0.3 is 19.8 Å². The first-order chi connectivity index (χ1) is 31.8. The molecule has 15 heteroatoms. The molecular formula is C51H79O14P. The van der Waals surface area contributed by atoms with E-state index in [4.69, 9.17) is 18.5 Å². The van der Waals surface area contributed by atoms with Crippen molar-refractivity contribution in [1.82, 2.24) is 0 Å². The van der Waals surface area contributed by atoms with Crippen LogP contribution in [0.2, 0.25) is 0 Å². The van der Waals surface area contributed by atoms with Gasteiger partial charge in [-0.15, -0.1) is 0 Å². The molecule has 0 aromatic heterocycles. The molecule has 14 nitrogen and oxygen atoms in total. The van der Waals surface area contributed by atoms with Gasteiger partial charge in [-0.05, 0) is 77.0 Å². The second-order valence-corrected chi connectivity index (χ2v) is 17.1. The molecule has 9 atom stereocenters. The molecule has 0 aromatic rings. The number of phosphoric ester groups is 1. The Labute approximate surface area is 393 Å². The van der Waals surface area contributed by atoms with Gasteiger partial charge in [0.1, 0.15) is 43.2 Å². The zero-order valence-corrected chi connectivity index (χ0v) is 39.9. The standard InChI is InChI=1S/C51H79O14P/c1-3-5-7-8-9-10-11-12-13-14-15-16-17-18-21-24-27-30-34-38-44(53)62-40-43(41-63-66(60,61)65-51-49(58)47(56)46(55)48(57)50(51)59)64-45(54)39-35-31-28-25-22-19-20-23-26-29-33-37-42(52)36-32-6-4-2/h5,7,9-10,12-13,15-16,18-21,25-30,33,37,42-43,46-52,55-59H,3-4,6,8,11,14,17,22-24,31-32,34-36,38-41H2,1-2H3,(H,60,61)/b7-5-,10-9-,13-12-,16-15-,20-19-,21-18-,28-25-,29-26-,30-27-,37-33+/t42-,43+,46?,47-,48+,49+,50+,51?/m0/s1. The summed E-state index contributed by atoms with van der Waals surface area (Å²) in [4.78, 5) is 35.7. The van der Waals surface area contributed by atoms with E-state index in [1.807, 2.05) is 60.8 Å². The van der Waals surface area contributed by atoms with Crippen molar-refractivity contribution in [1.29, 1.82) is 0 Å². The van der Waals surface area contributed by atoms with Gasteiger partial charge in [0.15, 0.2) is 6.10 Å². The maximum absolute atomic E-state index is 12.8. The highest BCUT2D eigenvalue weighted by atomic mass is 31.2. The first-order valence-corrected chi connectivity index (χ1v) is 24.9. The highest BCUT2D eigenvalue weighted by Crippen LogP contribution is 2.47. The average molecular weight is 947 g/mol. The van der Waals surface area contributed by atoms with E-state index in [0.29, 0.717) is 32.1 Å². The van der Waals surface area contributed by atoms with Crippen LogP contribution >= 0.6 is 7.82 Å². The fourth-order valence-electron chi connectivity index (χ4n) is 6.12. The Hall–Kier alpha value is -3.79. The lowest BCUT2D eigenvalue weighted by molar-refractivity contribution is -0.220. The van der Waals surface area contributed by atoms with E-state index >= 15 is 0 Å². The Balaban J connectivity index is 2.58. The third kappa shape index (κ3) is 31.2. The number of aliphatic hydroxyl groups excluding tert-OH is 6. The molecule has 1 aliphatic rings. The predicted octanol–water partition coefficient (Wildman–Crippen LogP) is 8.36. The molecule has 3 unspecified atom stereocenters. The SMILES string of the molecule is CC/C=C\C/C=C\C/C=C\C/C=C\C/C=C\C/C=C\CCC(=O)OC[C@H](COP(=O)(O)OC1[C@H](O)[C@H](O)C(O)[C@H](O)[C@H]1O)OC(=O)CCC/C=C\C/C=C\C/C=C\C=C\[C@@H](O)CCCCC. The molecule has 1 aliphatic carbocycles. The number of esters is 2. The maximum atomic E-state index is 12.8. The van der Waals surface area contributed by atoms with Crippen molar-refractivity contribution in [3.63, 3.8) is 0 Å². The number of unbranched alkanes of at least 4 members (excludes halogenated alkanes) is 3. The van der Waals surface area contributed by atoms with E-state index in [0.717, 1.165) is 64.2 Å². The predicted molar refractivity (Wildman–Crippen MR) is 259 cm³/mol. The van der Waals surface area contributed by atoms with Crippen molar-refractivity contribution in [2.45, 2.75) is 172 Å². The van der Waals surface area contributed by atoms with Gasteiger partial charge in [0, 0.05) is 12.8 Å². The van der Waals surface area contributed by atoms with E-state index in [-0.39, 0.29) is 12.8 Å². The van der Waals surface area contributed by atoms with Gasteiger partial charge in [-0.1, -0.05) is 155 Å². The van der Waals surface area contributed by atoms with Crippen LogP contribution in [0.15, 0.2) is 122 Å². The fourth-order valence-corrected chi connectivity index (χ4v) is 7.09. The summed E-state index contributed by atoms with van der Waals surface area (Å²) in [6.45, 7) is 2.93. The van der Waals surface area contributed by atoms with Crippen LogP contribution in [0.5, 0.6) is 0 Å². The maximum Gasteiger partial charge on any atom is 0.472 e. The van der Waals surface area contributed by atoms with E-state index in [9.17, 15) is 49.7 Å². The Kier molecular flexibility index (Phi) is 35.8. The fraction of sp³-hybridized carbons (Fsp3) is 0.569. The molecule has 0 aromatic carbocycles. The van der Waals surface area contributed by atoms with Crippen LogP contribution < -0.4 is 0 Å². The summed E-state index contributed by atoms with van der Waals surface area (Å²) in [5, 5.41) is 60.1. The van der Waals surface area contributed by atoms with Crippen molar-refractivity contribution in [2.24, 2.45) is 0 Å². The molecule has 0 aliphatic heterocycles. The number of hydrogen-bond acceptors (Lipinski definition) is 13. The van der Waals surface area contributed by atoms with E-state index in [1.165, 1.54) is 0 Å². The minimum atomic E-state index is -5.17. The van der Waals surface area contributed by atoms with Gasteiger partial charge in [-0.3, -0.25) is 18.6 Å². The van der Waals surface area contributed by atoms with E-state index < -0.39 is 81.8 Å². The molecule has 1 fully saturated rings. The van der Waals surface area contributed by atoms with Crippen LogP contribution in [-0.4, -0.2) is 110 Å². The summed E-state index contributed by atoms with van der Waals surface area (Å²) in [5.74, 6) is -1.30. The largest absolute Gasteiger partial charge is 0.472 e. The van der Waals surface area contributed by atoms with Crippen LogP contribution in [0.4, 0.5) is 0 Å². The van der Waals surface area contributed by atoms with Crippen molar-refractivity contribution in [2.75, 3.05) is 13.2 Å². The highest BCUT2D eigenvalue weighted by molar-refractivity contribution is 7.47. The van der Waals surface area contributed by atoms with Crippen LogP contribution in [0.1, 0.15) is 123 Å². The van der Waals surface area contributed by atoms with Gasteiger partial charge in [0.25, 0.3) is 0 Å². The molecule has 1 saturated carbocycles. The van der Waals surface area contributed by atoms with Gasteiger partial charge < -0.3 is 45.0 Å². The van der Waals surface area contributed by atoms with E-state index in [2.05, 4.69) is 68.5 Å². The number of carbonyl (C=O) groups is 2. The quantitative estimate of drug-likeness (QED) is 0.0103. The number of carbonyl (C=O) groups excluding carboxylic acids is 2. The Morgan fingerprint density at radius 3 is 1.58 bits per heavy atom. The molecule has 0 amide bonds. The zero-order valence-electron chi connectivity index (χ0n) is 39.0. The van der Waals surface area contributed by atoms with Gasteiger partial charge in [0.05, 0.1) is 12.7 Å². The third-order valence-electron chi connectivity index (χ3n) is 9.90. The Morgan fingerprint density at radius 2 is 1.05 bits per heavy atom. The number of aliphatic hydroxyl groups is 6. The van der Waals surface area contributed by atoms with Crippen LogP contribution in [0, 0.1) is 0 Å². The Bertz CT molecular complexity index is 1630. The molecule has 7 N–H and O–H groups in total. The zero-order chi connectivity index (χ0) is 48.7. The summed E-state index contributed by atoms with van der Waals surface area (Å²) in [6, 6.07) is 0. The molecular weight excluding hydrogens is 868 g/mol. The second-order valence-electron chi connectivity index (χ2n) is 15.7. The third-order valence-corrected chi connectivity index (χ3v) is 10.9. The normalized spacial score (nSPS) is 22.9. The summed E-state index contributed by atoms with van der Waals surface area (Å²) < 4.78 is 33.4. The molecule has 372 valence electrons. The van der Waals surface area contributed by atoms with Crippen molar-refractivity contribution in [3.8, 4) is 0 Å². The molecule has 0 saturated heterocycles. The minimum absolute atomic E-state index is 0.0130. The number of ether oxygens (including phenoxy) is 2. The van der Waals surface area contributed by atoms with Gasteiger partial charge in [-0.2, -0.15) is 0 Å². The molecule has 0 bridgehead atoms. The number of hydrogen-bond donors (Lipinski definition) is 7.